The number of alkyl halides is 3. The lowest BCUT2D eigenvalue weighted by Gasteiger charge is -2.20. The van der Waals surface area contributed by atoms with E-state index in [9.17, 15) is 13.2 Å². The first kappa shape index (κ1) is 14.3. The Hall–Kier alpha value is -1.07. The van der Waals surface area contributed by atoms with Crippen molar-refractivity contribution in [3.63, 3.8) is 0 Å². The second-order valence-corrected chi connectivity index (χ2v) is 5.34. The molecule has 5 heteroatoms. The van der Waals surface area contributed by atoms with E-state index in [4.69, 9.17) is 0 Å². The van der Waals surface area contributed by atoms with Gasteiger partial charge in [0.2, 0.25) is 0 Å². The van der Waals surface area contributed by atoms with Crippen LogP contribution in [0.15, 0.2) is 24.3 Å². The SMILES string of the molecule is CN(C)C1CCN(Cc2cccc(C(F)(F)F)c2)C1. The summed E-state index contributed by atoms with van der Waals surface area (Å²) >= 11 is 0. The van der Waals surface area contributed by atoms with Crippen LogP contribution >= 0.6 is 0 Å². The van der Waals surface area contributed by atoms with Crippen LogP contribution in [-0.4, -0.2) is 43.0 Å². The summed E-state index contributed by atoms with van der Waals surface area (Å²) in [6, 6.07) is 6.13. The third-order valence-electron chi connectivity index (χ3n) is 3.64. The van der Waals surface area contributed by atoms with Crippen molar-refractivity contribution in [2.45, 2.75) is 25.2 Å². The maximum atomic E-state index is 12.6. The van der Waals surface area contributed by atoms with Crippen LogP contribution in [0.3, 0.4) is 0 Å². The number of likely N-dealkylation sites (tertiary alicyclic amines) is 1. The van der Waals surface area contributed by atoms with E-state index in [2.05, 4.69) is 9.80 Å². The van der Waals surface area contributed by atoms with Crippen LogP contribution in [0.25, 0.3) is 0 Å². The number of hydrogen-bond donors (Lipinski definition) is 0. The van der Waals surface area contributed by atoms with Gasteiger partial charge in [-0.2, -0.15) is 13.2 Å². The summed E-state index contributed by atoms with van der Waals surface area (Å²) in [6.07, 6.45) is -3.18. The fourth-order valence-corrected chi connectivity index (χ4v) is 2.48. The Kier molecular flexibility index (Phi) is 4.16. The predicted molar refractivity (Wildman–Crippen MR) is 68.8 cm³/mol. The predicted octanol–water partition coefficient (Wildman–Crippen LogP) is 2.84. The zero-order valence-corrected chi connectivity index (χ0v) is 11.2. The van der Waals surface area contributed by atoms with Crippen molar-refractivity contribution in [3.8, 4) is 0 Å². The summed E-state index contributed by atoms with van der Waals surface area (Å²) in [4.78, 5) is 4.38. The number of likely N-dealkylation sites (N-methyl/N-ethyl adjacent to an activating group) is 1. The van der Waals surface area contributed by atoms with Crippen LogP contribution in [0, 0.1) is 0 Å². The van der Waals surface area contributed by atoms with Crippen LogP contribution < -0.4 is 0 Å². The van der Waals surface area contributed by atoms with Crippen molar-refractivity contribution in [2.24, 2.45) is 0 Å². The molecule has 0 bridgehead atoms. The van der Waals surface area contributed by atoms with E-state index >= 15 is 0 Å². The van der Waals surface area contributed by atoms with Gasteiger partial charge in [-0.05, 0) is 32.1 Å². The second-order valence-electron chi connectivity index (χ2n) is 5.34. The monoisotopic (exact) mass is 272 g/mol. The molecule has 1 heterocycles. The summed E-state index contributed by atoms with van der Waals surface area (Å²) in [6.45, 7) is 2.45. The highest BCUT2D eigenvalue weighted by molar-refractivity contribution is 5.25. The van der Waals surface area contributed by atoms with Crippen molar-refractivity contribution in [3.05, 3.63) is 35.4 Å². The molecule has 0 aliphatic carbocycles. The van der Waals surface area contributed by atoms with E-state index in [1.54, 1.807) is 6.07 Å². The van der Waals surface area contributed by atoms with Crippen molar-refractivity contribution < 1.29 is 13.2 Å². The second kappa shape index (κ2) is 5.51. The quantitative estimate of drug-likeness (QED) is 0.835. The molecule has 1 aliphatic rings. The smallest absolute Gasteiger partial charge is 0.305 e. The van der Waals surface area contributed by atoms with Crippen LogP contribution in [0.5, 0.6) is 0 Å². The van der Waals surface area contributed by atoms with Crippen LogP contribution in [0.2, 0.25) is 0 Å². The Morgan fingerprint density at radius 2 is 2.05 bits per heavy atom. The summed E-state index contributed by atoms with van der Waals surface area (Å²) in [5, 5.41) is 0. The van der Waals surface area contributed by atoms with Gasteiger partial charge >= 0.3 is 6.18 Å². The number of rotatable bonds is 3. The Morgan fingerprint density at radius 3 is 2.63 bits per heavy atom. The molecular formula is C14H19F3N2. The number of benzene rings is 1. The Morgan fingerprint density at radius 1 is 1.32 bits per heavy atom. The molecule has 0 aromatic heterocycles. The van der Waals surface area contributed by atoms with Gasteiger partial charge in [0.25, 0.3) is 0 Å². The van der Waals surface area contributed by atoms with Gasteiger partial charge in [-0.25, -0.2) is 0 Å². The lowest BCUT2D eigenvalue weighted by Crippen LogP contribution is -2.31. The van der Waals surface area contributed by atoms with Crippen LogP contribution in [0.4, 0.5) is 13.2 Å². The largest absolute Gasteiger partial charge is 0.416 e. The minimum absolute atomic E-state index is 0.505. The molecule has 0 saturated carbocycles. The summed E-state index contributed by atoms with van der Waals surface area (Å²) in [7, 11) is 4.08. The maximum absolute atomic E-state index is 12.6. The molecule has 1 aromatic rings. The first-order valence-corrected chi connectivity index (χ1v) is 6.41. The van der Waals surface area contributed by atoms with E-state index in [1.165, 1.54) is 12.1 Å². The van der Waals surface area contributed by atoms with E-state index in [0.29, 0.717) is 12.6 Å². The molecule has 1 atom stereocenters. The van der Waals surface area contributed by atoms with Gasteiger partial charge in [-0.1, -0.05) is 18.2 Å². The average molecular weight is 272 g/mol. The molecule has 2 rings (SSSR count). The van der Waals surface area contributed by atoms with Crippen molar-refractivity contribution in [2.75, 3.05) is 27.2 Å². The topological polar surface area (TPSA) is 6.48 Å². The average Bonchev–Trinajstić information content (AvgIpc) is 2.77. The highest BCUT2D eigenvalue weighted by atomic mass is 19.4. The Bertz CT molecular complexity index is 429. The lowest BCUT2D eigenvalue weighted by molar-refractivity contribution is -0.137. The molecule has 0 spiro atoms. The molecular weight excluding hydrogens is 253 g/mol. The van der Waals surface area contributed by atoms with E-state index in [1.807, 2.05) is 14.1 Å². The molecule has 106 valence electrons. The molecule has 19 heavy (non-hydrogen) atoms. The highest BCUT2D eigenvalue weighted by Crippen LogP contribution is 2.30. The summed E-state index contributed by atoms with van der Waals surface area (Å²) in [5.74, 6) is 0. The molecule has 1 saturated heterocycles. The Balaban J connectivity index is 2.01. The molecule has 0 N–H and O–H groups in total. The number of nitrogens with zero attached hydrogens (tertiary/aromatic N) is 2. The fourth-order valence-electron chi connectivity index (χ4n) is 2.48. The van der Waals surface area contributed by atoms with Gasteiger partial charge in [0.05, 0.1) is 5.56 Å². The molecule has 1 aliphatic heterocycles. The van der Waals surface area contributed by atoms with Crippen LogP contribution in [0.1, 0.15) is 17.5 Å². The maximum Gasteiger partial charge on any atom is 0.416 e. The van der Waals surface area contributed by atoms with Gasteiger partial charge in [0.1, 0.15) is 0 Å². The summed E-state index contributed by atoms with van der Waals surface area (Å²) in [5.41, 5.74) is 0.169. The molecule has 1 fully saturated rings. The van der Waals surface area contributed by atoms with Crippen molar-refractivity contribution in [1.29, 1.82) is 0 Å². The van der Waals surface area contributed by atoms with Gasteiger partial charge in [0, 0.05) is 25.7 Å². The number of halogens is 3. The third-order valence-corrected chi connectivity index (χ3v) is 3.64. The zero-order valence-electron chi connectivity index (χ0n) is 11.2. The van der Waals surface area contributed by atoms with E-state index < -0.39 is 11.7 Å². The third kappa shape index (κ3) is 3.70. The first-order valence-electron chi connectivity index (χ1n) is 6.41. The molecule has 0 radical (unpaired) electrons. The first-order chi connectivity index (χ1) is 8.86. The molecule has 1 unspecified atom stereocenters. The van der Waals surface area contributed by atoms with Crippen LogP contribution in [-0.2, 0) is 12.7 Å². The van der Waals surface area contributed by atoms with Gasteiger partial charge < -0.3 is 4.90 Å². The zero-order chi connectivity index (χ0) is 14.0. The van der Waals surface area contributed by atoms with E-state index in [0.717, 1.165) is 31.1 Å². The van der Waals surface area contributed by atoms with Gasteiger partial charge in [-0.15, -0.1) is 0 Å². The minimum Gasteiger partial charge on any atom is -0.305 e. The van der Waals surface area contributed by atoms with Crippen molar-refractivity contribution >= 4 is 0 Å². The lowest BCUT2D eigenvalue weighted by atomic mass is 10.1. The molecule has 2 nitrogen and oxygen atoms in total. The Labute approximate surface area is 111 Å². The van der Waals surface area contributed by atoms with Gasteiger partial charge in [0.15, 0.2) is 0 Å². The number of hydrogen-bond acceptors (Lipinski definition) is 2. The molecule has 1 aromatic carbocycles. The normalized spacial score (nSPS) is 21.3. The summed E-state index contributed by atoms with van der Waals surface area (Å²) < 4.78 is 37.9. The van der Waals surface area contributed by atoms with Crippen molar-refractivity contribution in [1.82, 2.24) is 9.80 Å². The molecule has 0 amide bonds. The highest BCUT2D eigenvalue weighted by Gasteiger charge is 2.30. The minimum atomic E-state index is -4.26. The fraction of sp³-hybridized carbons (Fsp3) is 0.571. The van der Waals surface area contributed by atoms with Gasteiger partial charge in [-0.3, -0.25) is 4.90 Å². The van der Waals surface area contributed by atoms with E-state index in [-0.39, 0.29) is 0 Å². The standard InChI is InChI=1S/C14H19F3N2/c1-18(2)13-6-7-19(10-13)9-11-4-3-5-12(8-11)14(15,16)17/h3-5,8,13H,6-7,9-10H2,1-2H3.